The minimum atomic E-state index is -4.21. The molecule has 0 saturated heterocycles. The Balaban J connectivity index is 1.83. The topological polar surface area (TPSA) is 101 Å². The van der Waals surface area contributed by atoms with Crippen LogP contribution in [-0.4, -0.2) is 42.3 Å². The molecule has 1 heterocycles. The first kappa shape index (κ1) is 17.6. The van der Waals surface area contributed by atoms with Crippen molar-refractivity contribution in [2.24, 2.45) is 16.7 Å². The second-order valence-electron chi connectivity index (χ2n) is 7.76. The van der Waals surface area contributed by atoms with E-state index in [1.807, 2.05) is 13.8 Å². The van der Waals surface area contributed by atoms with Gasteiger partial charge in [0.1, 0.15) is 5.78 Å². The molecule has 0 aromatic carbocycles. The summed E-state index contributed by atoms with van der Waals surface area (Å²) in [7, 11) is -4.21. The molecule has 1 N–H and O–H groups in total. The van der Waals surface area contributed by atoms with Gasteiger partial charge in [-0.3, -0.25) is 9.59 Å². The van der Waals surface area contributed by atoms with E-state index in [9.17, 15) is 23.1 Å². The molecule has 0 aromatic rings. The zero-order valence-electron chi connectivity index (χ0n) is 14.3. The van der Waals surface area contributed by atoms with E-state index in [2.05, 4.69) is 0 Å². The molecule has 8 heteroatoms. The van der Waals surface area contributed by atoms with Gasteiger partial charge in [-0.1, -0.05) is 13.8 Å². The molecule has 0 radical (unpaired) electrons. The molecule has 1 aliphatic heterocycles. The van der Waals surface area contributed by atoms with Gasteiger partial charge in [0.15, 0.2) is 6.23 Å². The predicted octanol–water partition coefficient (Wildman–Crippen LogP) is 1.14. The van der Waals surface area contributed by atoms with E-state index in [0.29, 0.717) is 23.5 Å². The summed E-state index contributed by atoms with van der Waals surface area (Å²) in [6.45, 7) is 6.89. The fourth-order valence-electron chi connectivity index (χ4n) is 4.45. The molecule has 0 spiro atoms. The van der Waals surface area contributed by atoms with Crippen LogP contribution in [0.2, 0.25) is 0 Å². The number of ketones is 1. The zero-order chi connectivity index (χ0) is 18.1. The Morgan fingerprint density at radius 2 is 1.92 bits per heavy atom. The zero-order valence-corrected chi connectivity index (χ0v) is 15.1. The number of aliphatic hydroxyl groups is 1. The van der Waals surface area contributed by atoms with E-state index in [-0.39, 0.29) is 17.3 Å². The van der Waals surface area contributed by atoms with Crippen LogP contribution in [0.1, 0.15) is 47.0 Å². The summed E-state index contributed by atoms with van der Waals surface area (Å²) in [5, 5.41) is 10.5. The molecule has 1 amide bonds. The van der Waals surface area contributed by atoms with Crippen molar-refractivity contribution in [2.75, 3.05) is 5.75 Å². The first-order chi connectivity index (χ1) is 10.9. The standard InChI is InChI=1S/C16H23NO6S/c1-9-10(2)14(20)17(13(9)19)23-24(21,22)8-16-6-5-11(7-12(16)18)15(16,3)4/h11,13,19H,5-8H2,1-4H3. The van der Waals surface area contributed by atoms with Crippen molar-refractivity contribution in [3.8, 4) is 0 Å². The van der Waals surface area contributed by atoms with Gasteiger partial charge in [-0.2, -0.15) is 13.5 Å². The van der Waals surface area contributed by atoms with E-state index in [1.54, 1.807) is 0 Å². The highest BCUT2D eigenvalue weighted by atomic mass is 32.2. The van der Waals surface area contributed by atoms with Crippen LogP contribution in [0.15, 0.2) is 11.1 Å². The van der Waals surface area contributed by atoms with Crippen LogP contribution in [0.5, 0.6) is 0 Å². The summed E-state index contributed by atoms with van der Waals surface area (Å²) < 4.78 is 30.1. The Hall–Kier alpha value is -1.25. The smallest absolute Gasteiger partial charge is 0.289 e. The van der Waals surface area contributed by atoms with Gasteiger partial charge >= 0.3 is 0 Å². The summed E-state index contributed by atoms with van der Waals surface area (Å²) in [5.41, 5.74) is -0.777. The van der Waals surface area contributed by atoms with E-state index < -0.39 is 38.8 Å². The third-order valence-electron chi connectivity index (χ3n) is 6.48. The van der Waals surface area contributed by atoms with Crippen LogP contribution in [-0.2, 0) is 24.0 Å². The molecule has 3 rings (SSSR count). The monoisotopic (exact) mass is 357 g/mol. The van der Waals surface area contributed by atoms with Crippen molar-refractivity contribution in [3.63, 3.8) is 0 Å². The molecule has 3 aliphatic rings. The van der Waals surface area contributed by atoms with Gasteiger partial charge < -0.3 is 5.11 Å². The quantitative estimate of drug-likeness (QED) is 0.810. The molecule has 2 fully saturated rings. The highest BCUT2D eigenvalue weighted by Crippen LogP contribution is 2.64. The van der Waals surface area contributed by atoms with Crippen molar-refractivity contribution in [1.82, 2.24) is 5.06 Å². The van der Waals surface area contributed by atoms with E-state index in [0.717, 1.165) is 6.42 Å². The van der Waals surface area contributed by atoms with Crippen molar-refractivity contribution in [2.45, 2.75) is 53.2 Å². The minimum absolute atomic E-state index is 0.0466. The van der Waals surface area contributed by atoms with Crippen LogP contribution in [0.4, 0.5) is 0 Å². The maximum atomic E-state index is 12.6. The number of aliphatic hydroxyl groups excluding tert-OH is 1. The molecule has 134 valence electrons. The fraction of sp³-hybridized carbons (Fsp3) is 0.750. The van der Waals surface area contributed by atoms with Gasteiger partial charge in [0, 0.05) is 12.0 Å². The van der Waals surface area contributed by atoms with E-state index >= 15 is 0 Å². The van der Waals surface area contributed by atoms with Crippen LogP contribution >= 0.6 is 0 Å². The second kappa shape index (κ2) is 5.12. The van der Waals surface area contributed by atoms with Crippen LogP contribution in [0, 0.1) is 16.7 Å². The predicted molar refractivity (Wildman–Crippen MR) is 84.7 cm³/mol. The Labute approximate surface area is 141 Å². The lowest BCUT2D eigenvalue weighted by atomic mass is 9.70. The third-order valence-corrected chi connectivity index (χ3v) is 7.71. The maximum Gasteiger partial charge on any atom is 0.289 e. The summed E-state index contributed by atoms with van der Waals surface area (Å²) >= 11 is 0. The molecule has 3 unspecified atom stereocenters. The number of hydrogen-bond donors (Lipinski definition) is 1. The lowest BCUT2D eigenvalue weighted by molar-refractivity contribution is -0.173. The van der Waals surface area contributed by atoms with Gasteiger partial charge in [0.2, 0.25) is 0 Å². The summed E-state index contributed by atoms with van der Waals surface area (Å²) in [4.78, 5) is 24.5. The van der Waals surface area contributed by atoms with E-state index in [1.165, 1.54) is 13.8 Å². The Kier molecular flexibility index (Phi) is 3.75. The van der Waals surface area contributed by atoms with Gasteiger partial charge in [-0.15, -0.1) is 4.28 Å². The molecule has 0 aromatic heterocycles. The Morgan fingerprint density at radius 1 is 1.29 bits per heavy atom. The number of Topliss-reactive ketones (excluding diaryl/α,β-unsaturated/α-hetero) is 1. The van der Waals surface area contributed by atoms with Crippen LogP contribution in [0.3, 0.4) is 0 Å². The average Bonchev–Trinajstić information content (AvgIpc) is 2.90. The Morgan fingerprint density at radius 3 is 2.33 bits per heavy atom. The largest absolute Gasteiger partial charge is 0.368 e. The molecule has 2 bridgehead atoms. The van der Waals surface area contributed by atoms with Gasteiger partial charge in [-0.25, -0.2) is 0 Å². The number of nitrogens with zero attached hydrogens (tertiary/aromatic N) is 1. The normalized spacial score (nSPS) is 35.5. The average molecular weight is 357 g/mol. The first-order valence-corrected chi connectivity index (χ1v) is 9.65. The molecule has 2 saturated carbocycles. The van der Waals surface area contributed by atoms with Crippen molar-refractivity contribution in [3.05, 3.63) is 11.1 Å². The maximum absolute atomic E-state index is 12.6. The molecule has 7 nitrogen and oxygen atoms in total. The summed E-state index contributed by atoms with van der Waals surface area (Å²) in [6.07, 6.45) is 0.305. The Bertz CT molecular complexity index is 753. The van der Waals surface area contributed by atoms with Gasteiger partial charge in [0.25, 0.3) is 16.0 Å². The number of carbonyl (C=O) groups is 2. The summed E-state index contributed by atoms with van der Waals surface area (Å²) in [5.74, 6) is -1.00. The van der Waals surface area contributed by atoms with Crippen LogP contribution in [0.25, 0.3) is 0 Å². The van der Waals surface area contributed by atoms with Crippen LogP contribution < -0.4 is 0 Å². The van der Waals surface area contributed by atoms with Crippen molar-refractivity contribution < 1.29 is 27.4 Å². The molecule has 3 atom stereocenters. The van der Waals surface area contributed by atoms with Crippen molar-refractivity contribution >= 4 is 21.8 Å². The molecule has 24 heavy (non-hydrogen) atoms. The highest BCUT2D eigenvalue weighted by Gasteiger charge is 2.65. The first-order valence-electron chi connectivity index (χ1n) is 8.07. The number of fused-ring (bicyclic) bond motifs is 2. The van der Waals surface area contributed by atoms with Crippen molar-refractivity contribution in [1.29, 1.82) is 0 Å². The number of rotatable bonds is 4. The SMILES string of the molecule is CC1=C(C)C(O)N(OS(=O)(=O)CC23CCC(CC2=O)C3(C)C)C1=O. The number of amides is 1. The minimum Gasteiger partial charge on any atom is -0.368 e. The second-order valence-corrected chi connectivity index (χ2v) is 9.31. The van der Waals surface area contributed by atoms with Gasteiger partial charge in [-0.05, 0) is 43.6 Å². The highest BCUT2D eigenvalue weighted by molar-refractivity contribution is 7.86. The lowest BCUT2D eigenvalue weighted by Gasteiger charge is -2.36. The third kappa shape index (κ3) is 2.19. The molecule has 2 aliphatic carbocycles. The summed E-state index contributed by atoms with van der Waals surface area (Å²) in [6, 6.07) is 0. The molecular weight excluding hydrogens is 334 g/mol. The van der Waals surface area contributed by atoms with E-state index in [4.69, 9.17) is 4.28 Å². The number of carbonyl (C=O) groups excluding carboxylic acids is 2. The number of hydroxylamine groups is 2. The lowest BCUT2D eigenvalue weighted by Crippen LogP contribution is -2.45. The fourth-order valence-corrected chi connectivity index (χ4v) is 6.18. The van der Waals surface area contributed by atoms with Gasteiger partial charge in [0.05, 0.1) is 11.2 Å². The molecular formula is C16H23NO6S. The number of hydrogen-bond acceptors (Lipinski definition) is 6.